The van der Waals surface area contributed by atoms with E-state index in [0.29, 0.717) is 41.8 Å². The van der Waals surface area contributed by atoms with E-state index in [4.69, 9.17) is 9.47 Å². The Morgan fingerprint density at radius 1 is 1.17 bits per heavy atom. The van der Waals surface area contributed by atoms with Gasteiger partial charge in [0.2, 0.25) is 5.91 Å². The Hall–Kier alpha value is -4.37. The van der Waals surface area contributed by atoms with Crippen LogP contribution in [0.15, 0.2) is 73.7 Å². The molecule has 2 aromatic carbocycles. The molecular formula is C27H28FN5O3. The zero-order valence-corrected chi connectivity index (χ0v) is 20.4. The molecule has 0 radical (unpaired) electrons. The summed E-state index contributed by atoms with van der Waals surface area (Å²) >= 11 is 0. The van der Waals surface area contributed by atoms with E-state index in [1.807, 2.05) is 47.8 Å². The molecule has 2 N–H and O–H groups in total. The number of halogens is 1. The molecule has 0 saturated heterocycles. The van der Waals surface area contributed by atoms with Crippen molar-refractivity contribution in [3.05, 3.63) is 79.5 Å². The number of ether oxygens (including phenoxy) is 2. The van der Waals surface area contributed by atoms with Gasteiger partial charge >= 0.3 is 0 Å². The maximum atomic E-state index is 13.8. The van der Waals surface area contributed by atoms with Crippen molar-refractivity contribution in [2.24, 2.45) is 0 Å². The van der Waals surface area contributed by atoms with Crippen molar-refractivity contribution in [2.75, 3.05) is 45.0 Å². The molecular weight excluding hydrogens is 461 g/mol. The zero-order chi connectivity index (χ0) is 25.7. The number of hydrogen-bond donors (Lipinski definition) is 2. The maximum Gasteiger partial charge on any atom is 0.247 e. The lowest BCUT2D eigenvalue weighted by molar-refractivity contribution is -0.111. The fourth-order valence-corrected chi connectivity index (χ4v) is 3.68. The van der Waals surface area contributed by atoms with E-state index < -0.39 is 0 Å². The van der Waals surface area contributed by atoms with Crippen molar-refractivity contribution in [1.29, 1.82) is 0 Å². The highest BCUT2D eigenvalue weighted by molar-refractivity contribution is 6.00. The molecule has 9 heteroatoms. The highest BCUT2D eigenvalue weighted by Crippen LogP contribution is 2.38. The summed E-state index contributed by atoms with van der Waals surface area (Å²) in [4.78, 5) is 18.5. The molecule has 186 valence electrons. The summed E-state index contributed by atoms with van der Waals surface area (Å²) in [6.45, 7) is 4.65. The first kappa shape index (κ1) is 24.7. The van der Waals surface area contributed by atoms with E-state index in [0.717, 1.165) is 16.6 Å². The Bertz CT molecular complexity index is 1400. The topological polar surface area (TPSA) is 80.1 Å². The maximum absolute atomic E-state index is 13.8. The molecule has 8 nitrogen and oxygen atoms in total. The van der Waals surface area contributed by atoms with Crippen LogP contribution in [0.25, 0.3) is 16.6 Å². The Labute approximate surface area is 209 Å². The number of hydrogen-bond acceptors (Lipinski definition) is 6. The van der Waals surface area contributed by atoms with Gasteiger partial charge in [0.15, 0.2) is 0 Å². The molecule has 2 heterocycles. The van der Waals surface area contributed by atoms with Gasteiger partial charge in [0.25, 0.3) is 0 Å². The number of carbonyl (C=O) groups is 1. The van der Waals surface area contributed by atoms with Crippen molar-refractivity contribution in [3.8, 4) is 22.6 Å². The van der Waals surface area contributed by atoms with Crippen LogP contribution in [0.5, 0.6) is 11.5 Å². The minimum atomic E-state index is -0.365. The van der Waals surface area contributed by atoms with Crippen LogP contribution in [0.3, 0.4) is 0 Å². The Morgan fingerprint density at radius 3 is 2.72 bits per heavy atom. The molecule has 2 aromatic heterocycles. The summed E-state index contributed by atoms with van der Waals surface area (Å²) in [5.74, 6) is 0.855. The van der Waals surface area contributed by atoms with Gasteiger partial charge in [-0.3, -0.25) is 4.79 Å². The standard InChI is InChI=1S/C27H28FN5O3/c1-5-27(34)31-22-14-21(24(35-4)16-25(22)36-12-11-32(2)3)30-26-15-23-20(9-10-33(23)17-29-26)18-7-6-8-19(28)13-18/h5-10,13-17,30H,1,11-12H2,2-4H3,(H,31,34). The second kappa shape index (κ2) is 10.9. The molecule has 0 fully saturated rings. The predicted molar refractivity (Wildman–Crippen MR) is 140 cm³/mol. The van der Waals surface area contributed by atoms with Crippen LogP contribution in [0.2, 0.25) is 0 Å². The number of likely N-dealkylation sites (N-methyl/N-ethyl adjacent to an activating group) is 1. The number of amides is 1. The van der Waals surface area contributed by atoms with Crippen LogP contribution in [0.1, 0.15) is 0 Å². The first-order valence-corrected chi connectivity index (χ1v) is 11.3. The number of fused-ring (bicyclic) bond motifs is 1. The number of carbonyl (C=O) groups excluding carboxylic acids is 1. The molecule has 0 atom stereocenters. The lowest BCUT2D eigenvalue weighted by atomic mass is 10.1. The van der Waals surface area contributed by atoms with Gasteiger partial charge in [-0.25, -0.2) is 9.37 Å². The number of nitrogens with one attached hydrogen (secondary N) is 2. The third-order valence-electron chi connectivity index (χ3n) is 5.49. The molecule has 0 saturated carbocycles. The van der Waals surface area contributed by atoms with Gasteiger partial charge in [0, 0.05) is 30.4 Å². The van der Waals surface area contributed by atoms with E-state index >= 15 is 0 Å². The van der Waals surface area contributed by atoms with Crippen LogP contribution in [0.4, 0.5) is 21.6 Å². The largest absolute Gasteiger partial charge is 0.494 e. The van der Waals surface area contributed by atoms with Crippen LogP contribution < -0.4 is 20.1 Å². The van der Waals surface area contributed by atoms with Gasteiger partial charge in [-0.2, -0.15) is 0 Å². The summed E-state index contributed by atoms with van der Waals surface area (Å²) in [5, 5.41) is 6.05. The smallest absolute Gasteiger partial charge is 0.247 e. The van der Waals surface area contributed by atoms with Gasteiger partial charge in [-0.05, 0) is 50.0 Å². The third-order valence-corrected chi connectivity index (χ3v) is 5.49. The molecule has 0 aliphatic rings. The minimum Gasteiger partial charge on any atom is -0.494 e. The fourth-order valence-electron chi connectivity index (χ4n) is 3.68. The van der Waals surface area contributed by atoms with Crippen LogP contribution in [-0.2, 0) is 4.79 Å². The van der Waals surface area contributed by atoms with Crippen LogP contribution >= 0.6 is 0 Å². The minimum absolute atomic E-state index is 0.300. The quantitative estimate of drug-likeness (QED) is 0.307. The van der Waals surface area contributed by atoms with E-state index in [9.17, 15) is 9.18 Å². The highest BCUT2D eigenvalue weighted by atomic mass is 19.1. The SMILES string of the molecule is C=CC(=O)Nc1cc(Nc2cc3c(-c4cccc(F)c4)ccn3cn2)c(OC)cc1OCCN(C)C. The van der Waals surface area contributed by atoms with Crippen molar-refractivity contribution in [1.82, 2.24) is 14.3 Å². The Kier molecular flexibility index (Phi) is 7.50. The lowest BCUT2D eigenvalue weighted by Crippen LogP contribution is -2.20. The van der Waals surface area contributed by atoms with Gasteiger partial charge in [-0.15, -0.1) is 0 Å². The van der Waals surface area contributed by atoms with Crippen LogP contribution in [0, 0.1) is 5.82 Å². The summed E-state index contributed by atoms with van der Waals surface area (Å²) in [7, 11) is 5.45. The molecule has 36 heavy (non-hydrogen) atoms. The second-order valence-corrected chi connectivity index (χ2v) is 8.33. The van der Waals surface area contributed by atoms with Crippen molar-refractivity contribution < 1.29 is 18.7 Å². The highest BCUT2D eigenvalue weighted by Gasteiger charge is 2.15. The fraction of sp³-hybridized carbons (Fsp3) is 0.185. The second-order valence-electron chi connectivity index (χ2n) is 8.33. The van der Waals surface area contributed by atoms with Gasteiger partial charge in [0.1, 0.15) is 36.1 Å². The van der Waals surface area contributed by atoms with E-state index in [-0.39, 0.29) is 11.7 Å². The third kappa shape index (κ3) is 5.64. The summed E-state index contributed by atoms with van der Waals surface area (Å²) < 4.78 is 27.2. The number of nitrogens with zero attached hydrogens (tertiary/aromatic N) is 3. The molecule has 4 aromatic rings. The molecule has 0 unspecified atom stereocenters. The molecule has 0 aliphatic heterocycles. The monoisotopic (exact) mass is 489 g/mol. The zero-order valence-electron chi connectivity index (χ0n) is 20.4. The van der Waals surface area contributed by atoms with Gasteiger partial charge in [-0.1, -0.05) is 18.7 Å². The average Bonchev–Trinajstić information content (AvgIpc) is 3.28. The number of anilines is 3. The normalized spacial score (nSPS) is 10.9. The molecule has 1 amide bonds. The van der Waals surface area contributed by atoms with Gasteiger partial charge < -0.3 is 29.4 Å². The van der Waals surface area contributed by atoms with Crippen LogP contribution in [-0.4, -0.2) is 54.5 Å². The average molecular weight is 490 g/mol. The van der Waals surface area contributed by atoms with E-state index in [1.165, 1.54) is 18.2 Å². The van der Waals surface area contributed by atoms with E-state index in [1.54, 1.807) is 31.6 Å². The van der Waals surface area contributed by atoms with Gasteiger partial charge in [0.05, 0.1) is 24.0 Å². The Morgan fingerprint density at radius 2 is 2.00 bits per heavy atom. The summed E-state index contributed by atoms with van der Waals surface area (Å²) in [6, 6.07) is 13.7. The lowest BCUT2D eigenvalue weighted by Gasteiger charge is -2.18. The summed E-state index contributed by atoms with van der Waals surface area (Å²) in [5.41, 5.74) is 3.52. The number of rotatable bonds is 10. The number of methoxy groups -OCH3 is 1. The predicted octanol–water partition coefficient (Wildman–Crippen LogP) is 4.96. The molecule has 0 spiro atoms. The van der Waals surface area contributed by atoms with E-state index in [2.05, 4.69) is 22.2 Å². The van der Waals surface area contributed by atoms with Crippen molar-refractivity contribution in [3.63, 3.8) is 0 Å². The first-order chi connectivity index (χ1) is 17.4. The molecule has 4 rings (SSSR count). The summed E-state index contributed by atoms with van der Waals surface area (Å²) in [6.07, 6.45) is 4.73. The number of benzene rings is 2. The molecule has 0 bridgehead atoms. The first-order valence-electron chi connectivity index (χ1n) is 11.3. The number of aromatic nitrogens is 2. The Balaban J connectivity index is 1.69. The molecule has 0 aliphatic carbocycles. The van der Waals surface area contributed by atoms with Crippen molar-refractivity contribution in [2.45, 2.75) is 0 Å². The van der Waals surface area contributed by atoms with Crippen molar-refractivity contribution >= 4 is 28.6 Å².